The molecule has 1 aromatic carbocycles. The van der Waals surface area contributed by atoms with Crippen LogP contribution in [0.25, 0.3) is 6.08 Å². The van der Waals surface area contributed by atoms with Crippen LogP contribution in [0.5, 0.6) is 0 Å². The zero-order valence-electron chi connectivity index (χ0n) is 8.11. The maximum Gasteiger partial charge on any atom is 0.186 e. The molecule has 0 saturated carbocycles. The fraction of sp³-hybridized carbons (Fsp3) is 0.200. The molecule has 74 valence electrons. The molecule has 1 heterocycles. The van der Waals surface area contributed by atoms with Gasteiger partial charge in [0.25, 0.3) is 0 Å². The van der Waals surface area contributed by atoms with Crippen molar-refractivity contribution in [1.82, 2.24) is 6.15 Å². The zero-order chi connectivity index (χ0) is 9.26. The van der Waals surface area contributed by atoms with Crippen LogP contribution in [0.1, 0.15) is 16.4 Å². The fourth-order valence-electron chi connectivity index (χ4n) is 1.64. The molecule has 0 spiro atoms. The normalized spacial score (nSPS) is 24.6. The molecule has 1 fully saturated rings. The van der Waals surface area contributed by atoms with Gasteiger partial charge in [-0.1, -0.05) is 36.4 Å². The van der Waals surface area contributed by atoms with E-state index < -0.39 is 0 Å². The molecular formula is C10H13BBrNS. The van der Waals surface area contributed by atoms with E-state index in [-0.39, 0.29) is 6.15 Å². The summed E-state index contributed by atoms with van der Waals surface area (Å²) in [6.07, 6.45) is 4.56. The Morgan fingerprint density at radius 3 is 2.71 bits per heavy atom. The van der Waals surface area contributed by atoms with Crippen molar-refractivity contribution < 1.29 is 0 Å². The molecule has 3 N–H and O–H groups in total. The first-order valence-electron chi connectivity index (χ1n) is 4.25. The van der Waals surface area contributed by atoms with Crippen molar-refractivity contribution in [3.63, 3.8) is 0 Å². The van der Waals surface area contributed by atoms with Gasteiger partial charge < -0.3 is 6.15 Å². The van der Waals surface area contributed by atoms with E-state index in [1.54, 1.807) is 0 Å². The molecule has 0 radical (unpaired) electrons. The van der Waals surface area contributed by atoms with Crippen LogP contribution in [0.15, 0.2) is 30.3 Å². The van der Waals surface area contributed by atoms with E-state index in [4.69, 9.17) is 0 Å². The molecule has 0 bridgehead atoms. The van der Waals surface area contributed by atoms with Gasteiger partial charge in [-0.05, 0) is 11.1 Å². The fourth-order valence-corrected chi connectivity index (χ4v) is 2.66. The molecule has 0 aromatic heterocycles. The van der Waals surface area contributed by atoms with E-state index in [2.05, 4.69) is 63.9 Å². The van der Waals surface area contributed by atoms with Crippen molar-refractivity contribution in [2.24, 2.45) is 0 Å². The minimum Gasteiger partial charge on any atom is -0.344 e. The van der Waals surface area contributed by atoms with Crippen molar-refractivity contribution in [1.29, 1.82) is 0 Å². The third-order valence-electron chi connectivity index (χ3n) is 2.29. The van der Waals surface area contributed by atoms with Gasteiger partial charge in [0.05, 0.1) is 0 Å². The Morgan fingerprint density at radius 1 is 1.21 bits per heavy atom. The van der Waals surface area contributed by atoms with Crippen LogP contribution < -0.4 is 6.15 Å². The van der Waals surface area contributed by atoms with Gasteiger partial charge in [0.1, 0.15) is 0 Å². The van der Waals surface area contributed by atoms with Crippen LogP contribution in [0, 0.1) is 0 Å². The maximum absolute atomic E-state index is 2.94. The molecule has 14 heavy (non-hydrogen) atoms. The Morgan fingerprint density at radius 2 is 1.93 bits per heavy atom. The first-order chi connectivity index (χ1) is 6.45. The summed E-state index contributed by atoms with van der Waals surface area (Å²) in [5, 5.41) is 1.58. The lowest BCUT2D eigenvalue weighted by molar-refractivity contribution is 1.09. The molecule has 1 nitrogen and oxygen atoms in total. The number of hydrogen-bond donors (Lipinski definition) is 1. The standard InChI is InChI=1S/C10H8S.BBrH2.H3N/c1-2-4-8-7(3-1)5-6-9-10(8)11-9;1-2;/h1-6,9-10H;1H2;1H3. The van der Waals surface area contributed by atoms with Crippen LogP contribution in [-0.4, -0.2) is 11.9 Å². The van der Waals surface area contributed by atoms with Crippen LogP contribution in [0.4, 0.5) is 0 Å². The predicted octanol–water partition coefficient (Wildman–Crippen LogP) is 2.96. The summed E-state index contributed by atoms with van der Waals surface area (Å²) in [6, 6.07) is 8.68. The topological polar surface area (TPSA) is 35.0 Å². The first-order valence-corrected chi connectivity index (χ1v) is 6.78. The number of rotatable bonds is 0. The molecular weight excluding hydrogens is 257 g/mol. The van der Waals surface area contributed by atoms with Gasteiger partial charge in [0.15, 0.2) is 6.67 Å². The van der Waals surface area contributed by atoms with Crippen molar-refractivity contribution >= 4 is 40.3 Å². The molecule has 4 heteroatoms. The number of benzene rings is 1. The summed E-state index contributed by atoms with van der Waals surface area (Å²) >= 11 is 4.99. The molecule has 1 aliphatic heterocycles. The Labute approximate surface area is 98.3 Å². The molecule has 3 rings (SSSR count). The molecule has 1 aromatic rings. The number of hydrogen-bond acceptors (Lipinski definition) is 2. The Kier molecular flexibility index (Phi) is 4.29. The van der Waals surface area contributed by atoms with Crippen molar-refractivity contribution in [2.45, 2.75) is 10.5 Å². The summed E-state index contributed by atoms with van der Waals surface area (Å²) in [5.41, 5.74) is 2.95. The predicted molar refractivity (Wildman–Crippen MR) is 72.1 cm³/mol. The second-order valence-corrected chi connectivity index (χ2v) is 4.33. The monoisotopic (exact) mass is 269 g/mol. The van der Waals surface area contributed by atoms with Gasteiger partial charge in [-0.25, -0.2) is 0 Å². The molecule has 2 aliphatic rings. The van der Waals surface area contributed by atoms with Gasteiger partial charge in [-0.3, -0.25) is 0 Å². The lowest BCUT2D eigenvalue weighted by atomic mass is 9.98. The number of halogens is 1. The zero-order valence-corrected chi connectivity index (χ0v) is 10.5. The molecule has 0 amide bonds. The van der Waals surface area contributed by atoms with Crippen LogP contribution in [-0.2, 0) is 0 Å². The highest BCUT2D eigenvalue weighted by molar-refractivity contribution is 9.22. The SMILES string of the molecule is BBr.C1=CC2SC2c2ccccc21.N. The Bertz CT molecular complexity index is 343. The van der Waals surface area contributed by atoms with Gasteiger partial charge >= 0.3 is 0 Å². The third-order valence-corrected chi connectivity index (χ3v) is 3.56. The minimum atomic E-state index is 0. The van der Waals surface area contributed by atoms with Crippen LogP contribution in [0.2, 0.25) is 0 Å². The quantitative estimate of drug-likeness (QED) is 0.581. The largest absolute Gasteiger partial charge is 0.344 e. The summed E-state index contributed by atoms with van der Waals surface area (Å²) in [5.74, 6) is 0. The van der Waals surface area contributed by atoms with Crippen molar-refractivity contribution in [3.8, 4) is 0 Å². The van der Waals surface area contributed by atoms with Crippen LogP contribution in [0.3, 0.4) is 0 Å². The van der Waals surface area contributed by atoms with E-state index >= 15 is 0 Å². The second-order valence-electron chi connectivity index (χ2n) is 3.01. The van der Waals surface area contributed by atoms with Gasteiger partial charge in [-0.15, -0.1) is 11.8 Å². The van der Waals surface area contributed by atoms with Crippen molar-refractivity contribution in [3.05, 3.63) is 41.5 Å². The highest BCUT2D eigenvalue weighted by Gasteiger charge is 2.40. The smallest absolute Gasteiger partial charge is 0.186 e. The maximum atomic E-state index is 2.94. The van der Waals surface area contributed by atoms with E-state index in [1.165, 1.54) is 11.1 Å². The highest BCUT2D eigenvalue weighted by atomic mass is 79.9. The van der Waals surface area contributed by atoms with Crippen molar-refractivity contribution in [2.75, 3.05) is 0 Å². The van der Waals surface area contributed by atoms with E-state index in [0.29, 0.717) is 0 Å². The Hall–Kier alpha value is -0.185. The van der Waals surface area contributed by atoms with Crippen LogP contribution >= 0.6 is 27.5 Å². The summed E-state index contributed by atoms with van der Waals surface area (Å²) < 4.78 is 0. The van der Waals surface area contributed by atoms with E-state index in [0.717, 1.165) is 10.5 Å². The molecule has 1 aliphatic carbocycles. The van der Waals surface area contributed by atoms with Gasteiger partial charge in [-0.2, -0.15) is 15.8 Å². The Balaban J connectivity index is 0.000000309. The van der Waals surface area contributed by atoms with Gasteiger partial charge in [0, 0.05) is 10.5 Å². The lowest BCUT2D eigenvalue weighted by Crippen LogP contribution is -1.93. The third kappa shape index (κ3) is 2.07. The van der Waals surface area contributed by atoms with E-state index in [1.807, 2.05) is 6.67 Å². The average molecular weight is 270 g/mol. The lowest BCUT2D eigenvalue weighted by Gasteiger charge is -2.06. The average Bonchev–Trinajstić information content (AvgIpc) is 3.00. The number of fused-ring (bicyclic) bond motifs is 3. The first kappa shape index (κ1) is 11.9. The van der Waals surface area contributed by atoms with Gasteiger partial charge in [0.2, 0.25) is 0 Å². The summed E-state index contributed by atoms with van der Waals surface area (Å²) in [7, 11) is 0. The second kappa shape index (κ2) is 5.05. The molecule has 2 unspecified atom stereocenters. The number of thioether (sulfide) groups is 1. The molecule has 2 atom stereocenters. The van der Waals surface area contributed by atoms with E-state index in [9.17, 15) is 0 Å². The summed E-state index contributed by atoms with van der Waals surface area (Å²) in [6.45, 7) is 1.81. The minimum absolute atomic E-state index is 0. The highest BCUT2D eigenvalue weighted by Crippen LogP contribution is 2.58. The summed E-state index contributed by atoms with van der Waals surface area (Å²) in [4.78, 5) is 0. The molecule has 1 saturated heterocycles.